The summed E-state index contributed by atoms with van der Waals surface area (Å²) in [5, 5.41) is 15.9. The van der Waals surface area contributed by atoms with Gasteiger partial charge in [0.15, 0.2) is 0 Å². The molecule has 0 saturated carbocycles. The van der Waals surface area contributed by atoms with Crippen LogP contribution < -0.4 is 0 Å². The van der Waals surface area contributed by atoms with E-state index in [9.17, 15) is 0 Å². The Balaban J connectivity index is 1.41. The summed E-state index contributed by atoms with van der Waals surface area (Å²) in [4.78, 5) is 25.8. The number of fused-ring (bicyclic) bond motifs is 12. The average molecular weight is 509 g/mol. The van der Waals surface area contributed by atoms with Gasteiger partial charge in [0.2, 0.25) is 0 Å². The van der Waals surface area contributed by atoms with Gasteiger partial charge in [-0.2, -0.15) is 10.2 Å². The zero-order valence-electron chi connectivity index (χ0n) is 21.7. The van der Waals surface area contributed by atoms with Gasteiger partial charge >= 0.3 is 0 Å². The van der Waals surface area contributed by atoms with Gasteiger partial charge < -0.3 is 9.97 Å². The molecule has 0 amide bonds. The fourth-order valence-electron chi connectivity index (χ4n) is 5.78. The normalized spacial score (nSPS) is 12.3. The third-order valence-electron chi connectivity index (χ3n) is 7.77. The van der Waals surface area contributed by atoms with Crippen LogP contribution in [0.4, 0.5) is 0 Å². The molecule has 0 aliphatic carbocycles. The summed E-state index contributed by atoms with van der Waals surface area (Å²) < 4.78 is 0. The van der Waals surface area contributed by atoms with Crippen molar-refractivity contribution in [1.29, 1.82) is 0 Å². The molecule has 4 aromatic heterocycles. The zero-order valence-corrected chi connectivity index (χ0v) is 21.7. The lowest BCUT2D eigenvalue weighted by Gasteiger charge is -2.10. The molecule has 2 N–H and O–H groups in total. The minimum atomic E-state index is 0.294. The molecule has 8 rings (SSSR count). The number of benzene rings is 4. The molecule has 188 valence electrons. The van der Waals surface area contributed by atoms with E-state index in [1.165, 1.54) is 0 Å². The van der Waals surface area contributed by atoms with Gasteiger partial charge in [0.1, 0.15) is 29.0 Å². The molecule has 0 bridgehead atoms. The smallest absolute Gasteiger partial charge is 0.116 e. The minimum absolute atomic E-state index is 0.294. The Hall–Kier alpha value is -4.98. The fourth-order valence-corrected chi connectivity index (χ4v) is 5.78. The lowest BCUT2D eigenvalue weighted by atomic mass is 9.95. The number of nitrogens with one attached hydrogen (secondary N) is 2. The molecule has 0 saturated heterocycles. The molecule has 0 aliphatic heterocycles. The number of hydrogen-bond acceptors (Lipinski definition) is 6. The van der Waals surface area contributed by atoms with Crippen molar-refractivity contribution in [3.8, 4) is 11.1 Å². The van der Waals surface area contributed by atoms with Gasteiger partial charge in [-0.3, -0.25) is 0 Å². The van der Waals surface area contributed by atoms with Crippen molar-refractivity contribution >= 4 is 65.3 Å². The molecule has 0 unspecified atom stereocenters. The quantitative estimate of drug-likeness (QED) is 0.249. The number of nitrogens with zero attached hydrogens (tertiary/aromatic N) is 6. The molecular formula is C31H24N8. The topological polar surface area (TPSA) is 109 Å². The van der Waals surface area contributed by atoms with E-state index in [0.29, 0.717) is 5.92 Å². The number of H-pyrrole nitrogens is 2. The lowest BCUT2D eigenvalue weighted by Crippen LogP contribution is -1.89. The summed E-state index contributed by atoms with van der Waals surface area (Å²) in [6.45, 7) is 6.40. The molecule has 8 heteroatoms. The SMILES string of the molecule is CCc1nc2c3ncncc3c3cc(-c4ccc5c(c4)c4cnncc4c4nc(C(C)C)[nH]c54)ccc3c2[nH]1. The molecule has 0 fully saturated rings. The largest absolute Gasteiger partial charge is 0.341 e. The molecule has 39 heavy (non-hydrogen) atoms. The molecule has 4 aromatic carbocycles. The molecule has 0 spiro atoms. The van der Waals surface area contributed by atoms with E-state index in [0.717, 1.165) is 94.5 Å². The first kappa shape index (κ1) is 22.0. The Bertz CT molecular complexity index is 2260. The molecule has 8 aromatic rings. The van der Waals surface area contributed by atoms with E-state index in [2.05, 4.69) is 87.3 Å². The highest BCUT2D eigenvalue weighted by molar-refractivity contribution is 6.24. The first-order valence-corrected chi connectivity index (χ1v) is 13.2. The van der Waals surface area contributed by atoms with Gasteiger partial charge in [-0.15, -0.1) is 0 Å². The van der Waals surface area contributed by atoms with Crippen LogP contribution in [0.25, 0.3) is 76.4 Å². The van der Waals surface area contributed by atoms with Gasteiger partial charge in [-0.25, -0.2) is 19.9 Å². The summed E-state index contributed by atoms with van der Waals surface area (Å²) in [6, 6.07) is 13.2. The maximum Gasteiger partial charge on any atom is 0.116 e. The van der Waals surface area contributed by atoms with Crippen LogP contribution >= 0.6 is 0 Å². The summed E-state index contributed by atoms with van der Waals surface area (Å²) in [5.41, 5.74) is 7.00. The van der Waals surface area contributed by atoms with Crippen LogP contribution in [0.15, 0.2) is 61.3 Å². The standard InChI is InChI=1S/C31H24N8/c1-4-25-36-28-19-8-6-17(10-21(19)23-11-32-14-33-26(23)30(28)37-25)16-5-7-18-20(9-16)22-12-34-35-13-24(22)29-27(18)38-31(39-29)15(2)3/h5-15H,4H2,1-3H3,(H,36,37)(H,38,39). The van der Waals surface area contributed by atoms with Gasteiger partial charge in [0, 0.05) is 45.5 Å². The van der Waals surface area contributed by atoms with Crippen molar-refractivity contribution in [3.63, 3.8) is 0 Å². The van der Waals surface area contributed by atoms with Crippen molar-refractivity contribution in [2.24, 2.45) is 0 Å². The van der Waals surface area contributed by atoms with E-state index < -0.39 is 0 Å². The predicted molar refractivity (Wildman–Crippen MR) is 156 cm³/mol. The maximum absolute atomic E-state index is 4.92. The second-order valence-electron chi connectivity index (χ2n) is 10.4. The van der Waals surface area contributed by atoms with Crippen LogP contribution in [0.5, 0.6) is 0 Å². The van der Waals surface area contributed by atoms with E-state index >= 15 is 0 Å². The summed E-state index contributed by atoms with van der Waals surface area (Å²) in [6.07, 6.45) is 7.98. The Kier molecular flexibility index (Phi) is 4.53. The molecular weight excluding hydrogens is 484 g/mol. The van der Waals surface area contributed by atoms with Gasteiger partial charge in [-0.1, -0.05) is 45.0 Å². The number of aryl methyl sites for hydroxylation is 1. The summed E-state index contributed by atoms with van der Waals surface area (Å²) in [5.74, 6) is 2.22. The third-order valence-corrected chi connectivity index (χ3v) is 7.77. The van der Waals surface area contributed by atoms with E-state index in [-0.39, 0.29) is 0 Å². The van der Waals surface area contributed by atoms with Crippen molar-refractivity contribution in [2.45, 2.75) is 33.1 Å². The van der Waals surface area contributed by atoms with Gasteiger partial charge in [-0.05, 0) is 34.0 Å². The number of hydrogen-bond donors (Lipinski definition) is 2. The van der Waals surface area contributed by atoms with Crippen LogP contribution in [0, 0.1) is 0 Å². The summed E-state index contributed by atoms with van der Waals surface area (Å²) in [7, 11) is 0. The first-order chi connectivity index (χ1) is 19.1. The minimum Gasteiger partial charge on any atom is -0.341 e. The number of aromatic nitrogens is 8. The van der Waals surface area contributed by atoms with E-state index in [1.54, 1.807) is 6.33 Å². The molecule has 0 atom stereocenters. The lowest BCUT2D eigenvalue weighted by molar-refractivity contribution is 0.799. The van der Waals surface area contributed by atoms with Crippen molar-refractivity contribution in [1.82, 2.24) is 40.1 Å². The summed E-state index contributed by atoms with van der Waals surface area (Å²) >= 11 is 0. The van der Waals surface area contributed by atoms with Gasteiger partial charge in [0.05, 0.1) is 28.9 Å². The first-order valence-electron chi connectivity index (χ1n) is 13.2. The van der Waals surface area contributed by atoms with E-state index in [4.69, 9.17) is 9.97 Å². The number of aromatic amines is 2. The van der Waals surface area contributed by atoms with Crippen molar-refractivity contribution < 1.29 is 0 Å². The van der Waals surface area contributed by atoms with Crippen LogP contribution in [0.3, 0.4) is 0 Å². The predicted octanol–water partition coefficient (Wildman–Crippen LogP) is 6.98. The highest BCUT2D eigenvalue weighted by atomic mass is 15.1. The Morgan fingerprint density at radius 1 is 0.667 bits per heavy atom. The maximum atomic E-state index is 4.92. The number of rotatable bonds is 3. The second-order valence-corrected chi connectivity index (χ2v) is 10.4. The average Bonchev–Trinajstić information content (AvgIpc) is 3.63. The molecule has 0 radical (unpaired) electrons. The Labute approximate surface area is 222 Å². The molecule has 4 heterocycles. The number of imidazole rings is 2. The molecule has 0 aliphatic rings. The van der Waals surface area contributed by atoms with Gasteiger partial charge in [0.25, 0.3) is 0 Å². The highest BCUT2D eigenvalue weighted by Gasteiger charge is 2.17. The van der Waals surface area contributed by atoms with Crippen LogP contribution in [-0.2, 0) is 6.42 Å². The van der Waals surface area contributed by atoms with Crippen LogP contribution in [0.2, 0.25) is 0 Å². The van der Waals surface area contributed by atoms with Crippen LogP contribution in [-0.4, -0.2) is 40.1 Å². The van der Waals surface area contributed by atoms with E-state index in [1.807, 2.05) is 18.6 Å². The third kappa shape index (κ3) is 3.11. The Morgan fingerprint density at radius 2 is 1.33 bits per heavy atom. The highest BCUT2D eigenvalue weighted by Crippen LogP contribution is 2.38. The molecule has 8 nitrogen and oxygen atoms in total. The van der Waals surface area contributed by atoms with Crippen molar-refractivity contribution in [3.05, 3.63) is 73.0 Å². The second kappa shape index (κ2) is 8.01. The van der Waals surface area contributed by atoms with Crippen LogP contribution in [0.1, 0.15) is 38.3 Å². The zero-order chi connectivity index (χ0) is 26.2. The fraction of sp³-hybridized carbons (Fsp3) is 0.161. The monoisotopic (exact) mass is 508 g/mol. The Morgan fingerprint density at radius 3 is 2.05 bits per heavy atom. The van der Waals surface area contributed by atoms with Crippen molar-refractivity contribution in [2.75, 3.05) is 0 Å².